The number of aromatic hydroxyl groups is 1. The first-order valence-electron chi connectivity index (χ1n) is 5.51. The predicted molar refractivity (Wildman–Crippen MR) is 69.9 cm³/mol. The van der Waals surface area contributed by atoms with Crippen molar-refractivity contribution in [3.63, 3.8) is 0 Å². The Kier molecular flexibility index (Phi) is 3.45. The van der Waals surface area contributed by atoms with Gasteiger partial charge in [-0.05, 0) is 24.6 Å². The Morgan fingerprint density at radius 1 is 1.37 bits per heavy atom. The summed E-state index contributed by atoms with van der Waals surface area (Å²) in [5.41, 5.74) is 5.38. The minimum absolute atomic E-state index is 0.0160. The van der Waals surface area contributed by atoms with Crippen molar-refractivity contribution in [2.45, 2.75) is 17.4 Å². The molecule has 0 aromatic heterocycles. The Morgan fingerprint density at radius 3 is 2.58 bits per heavy atom. The lowest BCUT2D eigenvalue weighted by Gasteiger charge is -2.12. The maximum absolute atomic E-state index is 12.0. The van der Waals surface area contributed by atoms with Crippen LogP contribution in [0.15, 0.2) is 23.1 Å². The van der Waals surface area contributed by atoms with Gasteiger partial charge in [-0.15, -0.1) is 0 Å². The summed E-state index contributed by atoms with van der Waals surface area (Å²) in [6.45, 7) is 0. The van der Waals surface area contributed by atoms with Gasteiger partial charge in [-0.3, -0.25) is 0 Å². The Balaban J connectivity index is 2.21. The van der Waals surface area contributed by atoms with E-state index in [0.717, 1.165) is 6.07 Å². The summed E-state index contributed by atoms with van der Waals surface area (Å²) in [5, 5.41) is 9.24. The van der Waals surface area contributed by atoms with Crippen molar-refractivity contribution < 1.29 is 21.9 Å². The lowest BCUT2D eigenvalue weighted by atomic mass is 10.3. The number of anilines is 1. The molecule has 1 unspecified atom stereocenters. The minimum Gasteiger partial charge on any atom is -0.506 e. The average Bonchev–Trinajstić information content (AvgIpc) is 2.61. The Labute approximate surface area is 111 Å². The first kappa shape index (κ1) is 14.1. The van der Waals surface area contributed by atoms with Crippen LogP contribution in [0.25, 0.3) is 0 Å². The van der Waals surface area contributed by atoms with E-state index in [9.17, 15) is 21.9 Å². The summed E-state index contributed by atoms with van der Waals surface area (Å²) in [7, 11) is -7.00. The molecule has 4 N–H and O–H groups in total. The zero-order chi connectivity index (χ0) is 14.3. The highest BCUT2D eigenvalue weighted by atomic mass is 32.2. The van der Waals surface area contributed by atoms with Crippen LogP contribution in [0.2, 0.25) is 0 Å². The number of nitrogen functional groups attached to an aromatic ring is 1. The fourth-order valence-electron chi connectivity index (χ4n) is 1.88. The topological polar surface area (TPSA) is 127 Å². The number of phenolic OH excluding ortho intramolecular Hbond substituents is 1. The lowest BCUT2D eigenvalue weighted by Crippen LogP contribution is -2.35. The van der Waals surface area contributed by atoms with Gasteiger partial charge in [0.1, 0.15) is 5.75 Å². The quantitative estimate of drug-likeness (QED) is 0.507. The van der Waals surface area contributed by atoms with Crippen molar-refractivity contribution in [1.29, 1.82) is 0 Å². The highest BCUT2D eigenvalue weighted by Crippen LogP contribution is 2.24. The van der Waals surface area contributed by atoms with Gasteiger partial charge in [0, 0.05) is 6.04 Å². The summed E-state index contributed by atoms with van der Waals surface area (Å²) < 4.78 is 48.9. The molecule has 1 heterocycles. The first-order chi connectivity index (χ1) is 8.70. The van der Waals surface area contributed by atoms with E-state index in [1.165, 1.54) is 12.1 Å². The lowest BCUT2D eigenvalue weighted by molar-refractivity contribution is 0.477. The van der Waals surface area contributed by atoms with Gasteiger partial charge in [0.2, 0.25) is 10.0 Å². The molecular formula is C10H14N2O5S2. The number of nitrogens with two attached hydrogens (primary N) is 1. The zero-order valence-electron chi connectivity index (χ0n) is 9.90. The fraction of sp³-hybridized carbons (Fsp3) is 0.400. The molecule has 0 saturated carbocycles. The minimum atomic E-state index is -3.84. The molecule has 0 radical (unpaired) electrons. The number of nitrogens with one attached hydrogen (secondary N) is 1. The molecule has 106 valence electrons. The predicted octanol–water partition coefficient (Wildman–Crippen LogP) is -0.560. The van der Waals surface area contributed by atoms with Crippen molar-refractivity contribution >= 4 is 25.5 Å². The molecule has 1 aromatic rings. The summed E-state index contributed by atoms with van der Waals surface area (Å²) in [4.78, 5) is -0.105. The van der Waals surface area contributed by atoms with E-state index in [1.54, 1.807) is 0 Å². The highest BCUT2D eigenvalue weighted by Gasteiger charge is 2.31. The van der Waals surface area contributed by atoms with Crippen molar-refractivity contribution in [1.82, 2.24) is 4.72 Å². The number of rotatable bonds is 3. The van der Waals surface area contributed by atoms with Crippen molar-refractivity contribution in [3.05, 3.63) is 18.2 Å². The number of hydrogen-bond donors (Lipinski definition) is 3. The zero-order valence-corrected chi connectivity index (χ0v) is 11.5. The van der Waals surface area contributed by atoms with Crippen molar-refractivity contribution in [2.24, 2.45) is 0 Å². The van der Waals surface area contributed by atoms with Crippen LogP contribution in [0.3, 0.4) is 0 Å². The van der Waals surface area contributed by atoms with Gasteiger partial charge in [-0.2, -0.15) is 0 Å². The third-order valence-electron chi connectivity index (χ3n) is 2.86. The van der Waals surface area contributed by atoms with E-state index in [4.69, 9.17) is 5.73 Å². The molecule has 0 aliphatic carbocycles. The van der Waals surface area contributed by atoms with E-state index in [-0.39, 0.29) is 34.3 Å². The molecule has 0 amide bonds. The van der Waals surface area contributed by atoms with E-state index < -0.39 is 25.9 Å². The van der Waals surface area contributed by atoms with Crippen LogP contribution in [-0.4, -0.2) is 39.5 Å². The van der Waals surface area contributed by atoms with Gasteiger partial charge >= 0.3 is 0 Å². The third kappa shape index (κ3) is 3.17. The van der Waals surface area contributed by atoms with Crippen LogP contribution >= 0.6 is 0 Å². The number of benzene rings is 1. The number of sulfone groups is 1. The standard InChI is InChI=1S/C10H14N2O5S2/c11-9-5-8(1-2-10(9)13)19(16,17)12-7-3-4-18(14,15)6-7/h1-2,5,7,12-13H,3-4,6,11H2. The van der Waals surface area contributed by atoms with Gasteiger partial charge in [-0.25, -0.2) is 21.6 Å². The molecule has 1 atom stereocenters. The first-order valence-corrected chi connectivity index (χ1v) is 8.81. The highest BCUT2D eigenvalue weighted by molar-refractivity contribution is 7.92. The van der Waals surface area contributed by atoms with Gasteiger partial charge in [0.05, 0.1) is 22.1 Å². The van der Waals surface area contributed by atoms with Gasteiger partial charge in [0.15, 0.2) is 9.84 Å². The molecule has 1 aromatic carbocycles. The summed E-state index contributed by atoms with van der Waals surface area (Å²) >= 11 is 0. The molecular weight excluding hydrogens is 292 g/mol. The summed E-state index contributed by atoms with van der Waals surface area (Å²) in [6.07, 6.45) is 0.259. The van der Waals surface area contributed by atoms with Gasteiger partial charge in [0.25, 0.3) is 0 Å². The van der Waals surface area contributed by atoms with Crippen molar-refractivity contribution in [2.75, 3.05) is 17.2 Å². The SMILES string of the molecule is Nc1cc(S(=O)(=O)NC2CCS(=O)(=O)C2)ccc1O. The van der Waals surface area contributed by atoms with E-state index >= 15 is 0 Å². The van der Waals surface area contributed by atoms with Crippen LogP contribution in [-0.2, 0) is 19.9 Å². The number of phenols is 1. The van der Waals surface area contributed by atoms with Crippen LogP contribution in [0.1, 0.15) is 6.42 Å². The second-order valence-electron chi connectivity index (χ2n) is 4.44. The number of sulfonamides is 1. The third-order valence-corrected chi connectivity index (χ3v) is 6.15. The number of hydrogen-bond acceptors (Lipinski definition) is 6. The normalized spacial score (nSPS) is 22.4. The van der Waals surface area contributed by atoms with E-state index in [2.05, 4.69) is 4.72 Å². The molecule has 19 heavy (non-hydrogen) atoms. The average molecular weight is 306 g/mol. The van der Waals surface area contributed by atoms with E-state index in [0.29, 0.717) is 0 Å². The summed E-state index contributed by atoms with van der Waals surface area (Å²) in [6, 6.07) is 2.89. The monoisotopic (exact) mass is 306 g/mol. The molecule has 1 fully saturated rings. The summed E-state index contributed by atoms with van der Waals surface area (Å²) in [5.74, 6) is -0.417. The molecule has 0 spiro atoms. The molecule has 9 heteroatoms. The van der Waals surface area contributed by atoms with Crippen molar-refractivity contribution in [3.8, 4) is 5.75 Å². The Bertz CT molecular complexity index is 697. The molecule has 1 aliphatic rings. The fourth-order valence-corrected chi connectivity index (χ4v) is 4.96. The van der Waals surface area contributed by atoms with E-state index in [1.807, 2.05) is 0 Å². The van der Waals surface area contributed by atoms with Crippen LogP contribution < -0.4 is 10.5 Å². The molecule has 2 rings (SSSR count). The molecule has 0 bridgehead atoms. The second kappa shape index (κ2) is 4.66. The molecule has 1 saturated heterocycles. The smallest absolute Gasteiger partial charge is 0.240 e. The van der Waals surface area contributed by atoms with Gasteiger partial charge in [-0.1, -0.05) is 0 Å². The Hall–Kier alpha value is -1.32. The molecule has 1 aliphatic heterocycles. The van der Waals surface area contributed by atoms with Crippen LogP contribution in [0.4, 0.5) is 5.69 Å². The van der Waals surface area contributed by atoms with Crippen LogP contribution in [0.5, 0.6) is 5.75 Å². The maximum atomic E-state index is 12.0. The van der Waals surface area contributed by atoms with Gasteiger partial charge < -0.3 is 10.8 Å². The van der Waals surface area contributed by atoms with Crippen LogP contribution in [0, 0.1) is 0 Å². The second-order valence-corrected chi connectivity index (χ2v) is 8.38. The maximum Gasteiger partial charge on any atom is 0.240 e. The molecule has 7 nitrogen and oxygen atoms in total. The largest absolute Gasteiger partial charge is 0.506 e. The Morgan fingerprint density at radius 2 is 2.05 bits per heavy atom.